The fourth-order valence-electron chi connectivity index (χ4n) is 8.93. The van der Waals surface area contributed by atoms with Gasteiger partial charge in [-0.1, -0.05) is 140 Å². The minimum absolute atomic E-state index is 0.919. The molecule has 0 fully saturated rings. The SMILES string of the molecule is c1ccc(-c2c3ccccc3c(-c3ccc4cc(-c5ccc6c(c5)oc5cc7c(cc56)sc5ccc6ccccc6c57)ccc4c3)c3ccccc23)cc1. The summed E-state index contributed by atoms with van der Waals surface area (Å²) in [6, 6.07) is 66.7. The Hall–Kier alpha value is -6.74. The van der Waals surface area contributed by atoms with Crippen LogP contribution in [-0.4, -0.2) is 0 Å². The molecule has 1 nitrogen and oxygen atoms in total. The van der Waals surface area contributed by atoms with Crippen LogP contribution in [0.15, 0.2) is 186 Å². The third kappa shape index (κ3) is 4.38. The maximum atomic E-state index is 6.62. The molecule has 2 heterocycles. The number of fused-ring (bicyclic) bond motifs is 11. The topological polar surface area (TPSA) is 13.1 Å². The molecule has 0 bridgehead atoms. The van der Waals surface area contributed by atoms with Gasteiger partial charge < -0.3 is 4.42 Å². The molecule has 0 aliphatic carbocycles. The van der Waals surface area contributed by atoms with Crippen LogP contribution in [0.3, 0.4) is 0 Å². The third-order valence-electron chi connectivity index (χ3n) is 11.4. The summed E-state index contributed by atoms with van der Waals surface area (Å²) < 4.78 is 9.22. The number of benzene rings is 10. The van der Waals surface area contributed by atoms with Gasteiger partial charge in [0.05, 0.1) is 0 Å². The maximum absolute atomic E-state index is 6.62. The fraction of sp³-hybridized carbons (Fsp3) is 0. The molecular weight excluding hydrogens is 673 g/mol. The van der Waals surface area contributed by atoms with Crippen LogP contribution in [0.2, 0.25) is 0 Å². The van der Waals surface area contributed by atoms with Crippen LogP contribution in [0.25, 0.3) is 119 Å². The summed E-state index contributed by atoms with van der Waals surface area (Å²) in [7, 11) is 0. The van der Waals surface area contributed by atoms with Crippen molar-refractivity contribution in [1.29, 1.82) is 0 Å². The average Bonchev–Trinajstić information content (AvgIpc) is 3.78. The van der Waals surface area contributed by atoms with Crippen LogP contribution in [0, 0.1) is 0 Å². The number of hydrogen-bond acceptors (Lipinski definition) is 2. The van der Waals surface area contributed by atoms with Crippen LogP contribution in [0.4, 0.5) is 0 Å². The number of hydrogen-bond donors (Lipinski definition) is 0. The van der Waals surface area contributed by atoms with Crippen molar-refractivity contribution < 1.29 is 4.42 Å². The Bertz CT molecular complexity index is 3440. The molecule has 0 aliphatic rings. The molecule has 0 N–H and O–H groups in total. The molecule has 0 aliphatic heterocycles. The van der Waals surface area contributed by atoms with E-state index in [1.807, 2.05) is 11.3 Å². The molecule has 2 aromatic heterocycles. The first-order chi connectivity index (χ1) is 26.7. The first kappa shape index (κ1) is 29.8. The summed E-state index contributed by atoms with van der Waals surface area (Å²) in [4.78, 5) is 0. The second-order valence-corrected chi connectivity index (χ2v) is 15.5. The number of rotatable bonds is 3. The molecule has 0 unspecified atom stereocenters. The quantitative estimate of drug-likeness (QED) is 0.167. The van der Waals surface area contributed by atoms with Gasteiger partial charge in [-0.25, -0.2) is 0 Å². The van der Waals surface area contributed by atoms with Crippen molar-refractivity contribution in [2.75, 3.05) is 0 Å². The highest BCUT2D eigenvalue weighted by molar-refractivity contribution is 7.26. The van der Waals surface area contributed by atoms with Crippen molar-refractivity contribution in [2.24, 2.45) is 0 Å². The second-order valence-electron chi connectivity index (χ2n) is 14.4. The fourth-order valence-corrected chi connectivity index (χ4v) is 10.1. The van der Waals surface area contributed by atoms with E-state index in [-0.39, 0.29) is 0 Å². The third-order valence-corrected chi connectivity index (χ3v) is 12.5. The predicted molar refractivity (Wildman–Crippen MR) is 233 cm³/mol. The standard InChI is InChI=1S/C52H30OS/c1-2-11-32(12-3-1)50-40-14-6-8-16-42(40)51(43-17-9-7-15-41(43)50)37-21-20-33-26-34(18-19-35(33)27-37)36-22-24-39-44-30-49-45(29-47(44)53-46(39)28-36)52-38-13-5-4-10-31(38)23-25-48(52)54-49/h1-30H. The Morgan fingerprint density at radius 2 is 0.852 bits per heavy atom. The van der Waals surface area contributed by atoms with Crippen molar-refractivity contribution in [1.82, 2.24) is 0 Å². The van der Waals surface area contributed by atoms with E-state index >= 15 is 0 Å². The van der Waals surface area contributed by atoms with Gasteiger partial charge in [0.2, 0.25) is 0 Å². The first-order valence-electron chi connectivity index (χ1n) is 18.5. The second kappa shape index (κ2) is 11.4. The average molecular weight is 703 g/mol. The lowest BCUT2D eigenvalue weighted by Crippen LogP contribution is -1.90. The Kier molecular flexibility index (Phi) is 6.28. The van der Waals surface area contributed by atoms with E-state index in [4.69, 9.17) is 4.42 Å². The maximum Gasteiger partial charge on any atom is 0.136 e. The Balaban J connectivity index is 0.966. The van der Waals surface area contributed by atoms with E-state index in [1.165, 1.54) is 96.5 Å². The number of furan rings is 1. The molecule has 0 spiro atoms. The monoisotopic (exact) mass is 702 g/mol. The first-order valence-corrected chi connectivity index (χ1v) is 19.3. The van der Waals surface area contributed by atoms with E-state index < -0.39 is 0 Å². The molecule has 0 saturated heterocycles. The zero-order valence-corrected chi connectivity index (χ0v) is 30.0. The highest BCUT2D eigenvalue weighted by Crippen LogP contribution is 2.45. The Morgan fingerprint density at radius 1 is 0.296 bits per heavy atom. The van der Waals surface area contributed by atoms with Gasteiger partial charge in [-0.05, 0) is 119 Å². The molecule has 250 valence electrons. The lowest BCUT2D eigenvalue weighted by molar-refractivity contribution is 0.669. The van der Waals surface area contributed by atoms with Crippen LogP contribution >= 0.6 is 11.3 Å². The van der Waals surface area contributed by atoms with Crippen molar-refractivity contribution in [3.05, 3.63) is 182 Å². The minimum atomic E-state index is 0.919. The largest absolute Gasteiger partial charge is 0.456 e. The van der Waals surface area contributed by atoms with Gasteiger partial charge in [0, 0.05) is 30.9 Å². The highest BCUT2D eigenvalue weighted by atomic mass is 32.1. The molecular formula is C52H30OS. The highest BCUT2D eigenvalue weighted by Gasteiger charge is 2.18. The van der Waals surface area contributed by atoms with Gasteiger partial charge in [-0.15, -0.1) is 11.3 Å². The van der Waals surface area contributed by atoms with Gasteiger partial charge >= 0.3 is 0 Å². The van der Waals surface area contributed by atoms with E-state index in [1.54, 1.807) is 0 Å². The van der Waals surface area contributed by atoms with Crippen molar-refractivity contribution in [3.63, 3.8) is 0 Å². The summed E-state index contributed by atoms with van der Waals surface area (Å²) in [5.74, 6) is 0. The predicted octanol–water partition coefficient (Wildman–Crippen LogP) is 15.6. The molecule has 0 saturated carbocycles. The molecule has 0 amide bonds. The zero-order valence-electron chi connectivity index (χ0n) is 29.1. The van der Waals surface area contributed by atoms with Gasteiger partial charge in [0.15, 0.2) is 0 Å². The number of thiophene rings is 1. The van der Waals surface area contributed by atoms with Crippen LogP contribution in [-0.2, 0) is 0 Å². The van der Waals surface area contributed by atoms with Gasteiger partial charge in [-0.2, -0.15) is 0 Å². The van der Waals surface area contributed by atoms with Crippen molar-refractivity contribution in [3.8, 4) is 33.4 Å². The molecule has 2 heteroatoms. The van der Waals surface area contributed by atoms with Crippen LogP contribution < -0.4 is 0 Å². The lowest BCUT2D eigenvalue weighted by Gasteiger charge is -2.18. The smallest absolute Gasteiger partial charge is 0.136 e. The normalized spacial score (nSPS) is 12.1. The zero-order chi connectivity index (χ0) is 35.3. The summed E-state index contributed by atoms with van der Waals surface area (Å²) >= 11 is 1.86. The van der Waals surface area contributed by atoms with Gasteiger partial charge in [0.25, 0.3) is 0 Å². The lowest BCUT2D eigenvalue weighted by atomic mass is 9.85. The Morgan fingerprint density at radius 3 is 1.59 bits per heavy atom. The van der Waals surface area contributed by atoms with Crippen LogP contribution in [0.5, 0.6) is 0 Å². The van der Waals surface area contributed by atoms with E-state index in [9.17, 15) is 0 Å². The van der Waals surface area contributed by atoms with Gasteiger partial charge in [0.1, 0.15) is 11.2 Å². The van der Waals surface area contributed by atoms with Crippen molar-refractivity contribution >= 4 is 96.5 Å². The van der Waals surface area contributed by atoms with Crippen LogP contribution in [0.1, 0.15) is 0 Å². The van der Waals surface area contributed by atoms with Crippen molar-refractivity contribution in [2.45, 2.75) is 0 Å². The van der Waals surface area contributed by atoms with E-state index in [2.05, 4.69) is 182 Å². The Labute approximate surface area is 314 Å². The molecule has 0 radical (unpaired) electrons. The molecule has 54 heavy (non-hydrogen) atoms. The van der Waals surface area contributed by atoms with E-state index in [0.717, 1.165) is 22.1 Å². The molecule has 12 rings (SSSR count). The summed E-state index contributed by atoms with van der Waals surface area (Å²) in [5, 5.41) is 15.0. The molecule has 0 atom stereocenters. The molecule has 12 aromatic rings. The summed E-state index contributed by atoms with van der Waals surface area (Å²) in [6.45, 7) is 0. The summed E-state index contributed by atoms with van der Waals surface area (Å²) in [6.07, 6.45) is 0. The summed E-state index contributed by atoms with van der Waals surface area (Å²) in [5.41, 5.74) is 9.23. The molecule has 10 aromatic carbocycles. The van der Waals surface area contributed by atoms with E-state index in [0.29, 0.717) is 0 Å². The minimum Gasteiger partial charge on any atom is -0.456 e. The van der Waals surface area contributed by atoms with Gasteiger partial charge in [-0.3, -0.25) is 0 Å².